The van der Waals surface area contributed by atoms with Crippen LogP contribution in [0.5, 0.6) is 0 Å². The SMILES string of the molecule is CC(C)NC(=O)N1CCN(C2CCNC2(C)C)CC1. The van der Waals surface area contributed by atoms with Gasteiger partial charge in [-0.2, -0.15) is 0 Å². The van der Waals surface area contributed by atoms with Crippen molar-refractivity contribution in [3.05, 3.63) is 0 Å². The minimum absolute atomic E-state index is 0.0819. The van der Waals surface area contributed by atoms with Gasteiger partial charge in [0.15, 0.2) is 0 Å². The minimum atomic E-state index is 0.0819. The maximum Gasteiger partial charge on any atom is 0.317 e. The standard InChI is InChI=1S/C14H28N4O/c1-11(2)16-13(19)18-9-7-17(8-10-18)12-5-6-15-14(12,3)4/h11-12,15H,5-10H2,1-4H3,(H,16,19). The van der Waals surface area contributed by atoms with Crippen LogP contribution < -0.4 is 10.6 Å². The predicted molar refractivity (Wildman–Crippen MR) is 77.3 cm³/mol. The van der Waals surface area contributed by atoms with E-state index in [-0.39, 0.29) is 17.6 Å². The van der Waals surface area contributed by atoms with Gasteiger partial charge in [0.1, 0.15) is 0 Å². The summed E-state index contributed by atoms with van der Waals surface area (Å²) in [4.78, 5) is 16.4. The molecule has 2 amide bonds. The Hall–Kier alpha value is -0.810. The number of hydrogen-bond acceptors (Lipinski definition) is 3. The molecule has 2 saturated heterocycles. The van der Waals surface area contributed by atoms with Gasteiger partial charge in [0.2, 0.25) is 0 Å². The van der Waals surface area contributed by atoms with Gasteiger partial charge in [-0.05, 0) is 40.7 Å². The molecule has 0 bridgehead atoms. The van der Waals surface area contributed by atoms with Crippen molar-refractivity contribution in [3.8, 4) is 0 Å². The third-order valence-corrected chi connectivity index (χ3v) is 4.29. The summed E-state index contributed by atoms with van der Waals surface area (Å²) in [6.07, 6.45) is 1.21. The molecule has 2 aliphatic rings. The topological polar surface area (TPSA) is 47.6 Å². The van der Waals surface area contributed by atoms with E-state index in [2.05, 4.69) is 29.4 Å². The van der Waals surface area contributed by atoms with Crippen LogP contribution in [0.2, 0.25) is 0 Å². The van der Waals surface area contributed by atoms with E-state index in [9.17, 15) is 4.79 Å². The number of hydrogen-bond donors (Lipinski definition) is 2. The Bertz CT molecular complexity index is 321. The van der Waals surface area contributed by atoms with Crippen molar-refractivity contribution >= 4 is 6.03 Å². The molecule has 0 saturated carbocycles. The number of carbonyl (C=O) groups is 1. The molecule has 0 aliphatic carbocycles. The van der Waals surface area contributed by atoms with Crippen molar-refractivity contribution in [1.29, 1.82) is 0 Å². The second-order valence-corrected chi connectivity index (χ2v) is 6.58. The highest BCUT2D eigenvalue weighted by Crippen LogP contribution is 2.25. The zero-order valence-corrected chi connectivity index (χ0v) is 12.7. The number of rotatable bonds is 2. The van der Waals surface area contributed by atoms with Crippen LogP contribution in [0.3, 0.4) is 0 Å². The second-order valence-electron chi connectivity index (χ2n) is 6.58. The van der Waals surface area contributed by atoms with E-state index in [1.807, 2.05) is 18.7 Å². The number of urea groups is 1. The highest BCUT2D eigenvalue weighted by molar-refractivity contribution is 5.74. The highest BCUT2D eigenvalue weighted by Gasteiger charge is 2.39. The van der Waals surface area contributed by atoms with E-state index in [1.165, 1.54) is 6.42 Å². The molecule has 0 aromatic carbocycles. The second kappa shape index (κ2) is 5.67. The lowest BCUT2D eigenvalue weighted by Crippen LogP contribution is -2.59. The first kappa shape index (κ1) is 14.6. The van der Waals surface area contributed by atoms with Crippen molar-refractivity contribution in [1.82, 2.24) is 20.4 Å². The lowest BCUT2D eigenvalue weighted by Gasteiger charge is -2.42. The average molecular weight is 268 g/mol. The first-order valence-corrected chi connectivity index (χ1v) is 7.44. The Morgan fingerprint density at radius 3 is 2.37 bits per heavy atom. The molecule has 5 nitrogen and oxygen atoms in total. The minimum Gasteiger partial charge on any atom is -0.336 e. The Labute approximate surface area is 116 Å². The number of carbonyl (C=O) groups excluding carboxylic acids is 1. The molecule has 2 N–H and O–H groups in total. The summed E-state index contributed by atoms with van der Waals surface area (Å²) in [7, 11) is 0. The molecular weight excluding hydrogens is 240 g/mol. The predicted octanol–water partition coefficient (Wildman–Crippen LogP) is 0.863. The first-order chi connectivity index (χ1) is 8.90. The summed E-state index contributed by atoms with van der Waals surface area (Å²) in [5, 5.41) is 6.54. The first-order valence-electron chi connectivity index (χ1n) is 7.44. The Morgan fingerprint density at radius 1 is 1.26 bits per heavy atom. The van der Waals surface area contributed by atoms with Gasteiger partial charge >= 0.3 is 6.03 Å². The fraction of sp³-hybridized carbons (Fsp3) is 0.929. The van der Waals surface area contributed by atoms with Crippen molar-refractivity contribution in [2.75, 3.05) is 32.7 Å². The summed E-state index contributed by atoms with van der Waals surface area (Å²) >= 11 is 0. The van der Waals surface area contributed by atoms with Crippen LogP contribution in [0.25, 0.3) is 0 Å². The fourth-order valence-electron chi connectivity index (χ4n) is 3.22. The molecule has 19 heavy (non-hydrogen) atoms. The Balaban J connectivity index is 1.84. The quantitative estimate of drug-likeness (QED) is 0.781. The van der Waals surface area contributed by atoms with E-state index < -0.39 is 0 Å². The van der Waals surface area contributed by atoms with Crippen LogP contribution >= 0.6 is 0 Å². The number of nitrogens with one attached hydrogen (secondary N) is 2. The Kier molecular flexibility index (Phi) is 4.36. The molecule has 1 atom stereocenters. The van der Waals surface area contributed by atoms with E-state index in [1.54, 1.807) is 0 Å². The van der Waals surface area contributed by atoms with Crippen LogP contribution in [-0.2, 0) is 0 Å². The average Bonchev–Trinajstić information content (AvgIpc) is 2.68. The third-order valence-electron chi connectivity index (χ3n) is 4.29. The summed E-state index contributed by atoms with van der Waals surface area (Å²) in [5.41, 5.74) is 0.197. The maximum atomic E-state index is 11.9. The van der Waals surface area contributed by atoms with Crippen LogP contribution in [0.1, 0.15) is 34.1 Å². The summed E-state index contributed by atoms with van der Waals surface area (Å²) in [5.74, 6) is 0. The van der Waals surface area contributed by atoms with E-state index >= 15 is 0 Å². The summed E-state index contributed by atoms with van der Waals surface area (Å²) < 4.78 is 0. The lowest BCUT2D eigenvalue weighted by atomic mass is 9.95. The molecule has 2 aliphatic heterocycles. The fourth-order valence-corrected chi connectivity index (χ4v) is 3.22. The summed E-state index contributed by atoms with van der Waals surface area (Å²) in [6, 6.07) is 0.893. The molecular formula is C14H28N4O. The van der Waals surface area contributed by atoms with Gasteiger partial charge in [0.25, 0.3) is 0 Å². The number of amides is 2. The molecule has 2 rings (SSSR count). The highest BCUT2D eigenvalue weighted by atomic mass is 16.2. The number of piperazine rings is 1. The zero-order chi connectivity index (χ0) is 14.0. The molecule has 0 spiro atoms. The van der Waals surface area contributed by atoms with Crippen LogP contribution in [0.15, 0.2) is 0 Å². The van der Waals surface area contributed by atoms with Crippen LogP contribution in [-0.4, -0.2) is 66.2 Å². The van der Waals surface area contributed by atoms with Gasteiger partial charge in [-0.25, -0.2) is 4.79 Å². The molecule has 0 radical (unpaired) electrons. The van der Waals surface area contributed by atoms with Crippen molar-refractivity contribution in [2.24, 2.45) is 0 Å². The number of nitrogens with zero attached hydrogens (tertiary/aromatic N) is 2. The largest absolute Gasteiger partial charge is 0.336 e. The van der Waals surface area contributed by atoms with Crippen LogP contribution in [0, 0.1) is 0 Å². The van der Waals surface area contributed by atoms with Gasteiger partial charge in [0.05, 0.1) is 0 Å². The van der Waals surface area contributed by atoms with E-state index in [0.29, 0.717) is 6.04 Å². The Morgan fingerprint density at radius 2 is 1.89 bits per heavy atom. The van der Waals surface area contributed by atoms with Gasteiger partial charge in [-0.15, -0.1) is 0 Å². The maximum absolute atomic E-state index is 11.9. The monoisotopic (exact) mass is 268 g/mol. The van der Waals surface area contributed by atoms with Crippen molar-refractivity contribution in [2.45, 2.75) is 51.7 Å². The lowest BCUT2D eigenvalue weighted by molar-refractivity contribution is 0.0850. The smallest absolute Gasteiger partial charge is 0.317 e. The molecule has 5 heteroatoms. The van der Waals surface area contributed by atoms with Gasteiger partial charge < -0.3 is 15.5 Å². The molecule has 1 unspecified atom stereocenters. The summed E-state index contributed by atoms with van der Waals surface area (Å²) in [6.45, 7) is 13.3. The van der Waals surface area contributed by atoms with Crippen molar-refractivity contribution in [3.63, 3.8) is 0 Å². The van der Waals surface area contributed by atoms with Crippen molar-refractivity contribution < 1.29 is 4.79 Å². The van der Waals surface area contributed by atoms with Crippen LogP contribution in [0.4, 0.5) is 4.79 Å². The third kappa shape index (κ3) is 3.39. The molecule has 0 aromatic rings. The molecule has 110 valence electrons. The normalized spacial score (nSPS) is 27.8. The molecule has 0 aromatic heterocycles. The van der Waals surface area contributed by atoms with Gasteiger partial charge in [-0.1, -0.05) is 0 Å². The zero-order valence-electron chi connectivity index (χ0n) is 12.7. The van der Waals surface area contributed by atoms with Gasteiger partial charge in [-0.3, -0.25) is 4.90 Å². The molecule has 2 heterocycles. The van der Waals surface area contributed by atoms with Gasteiger partial charge in [0, 0.05) is 43.8 Å². The van der Waals surface area contributed by atoms with E-state index in [4.69, 9.17) is 0 Å². The van der Waals surface area contributed by atoms with E-state index in [0.717, 1.165) is 32.7 Å². The molecule has 2 fully saturated rings.